The van der Waals surface area contributed by atoms with Crippen molar-refractivity contribution in [2.75, 3.05) is 5.32 Å². The molecule has 0 spiro atoms. The maximum Gasteiger partial charge on any atom is 0.419 e. The third kappa shape index (κ3) is 3.45. The van der Waals surface area contributed by atoms with Gasteiger partial charge in [0, 0.05) is 18.5 Å². The van der Waals surface area contributed by atoms with Crippen molar-refractivity contribution in [2.24, 2.45) is 0 Å². The Labute approximate surface area is 124 Å². The number of carbonyl (C=O) groups excluding carboxylic acids is 2. The lowest BCUT2D eigenvalue weighted by atomic mass is 9.95. The first kappa shape index (κ1) is 15.2. The molecule has 2 radical (unpaired) electrons. The van der Waals surface area contributed by atoms with Gasteiger partial charge in [0.15, 0.2) is 0 Å². The van der Waals surface area contributed by atoms with E-state index >= 15 is 0 Å². The molecule has 5 nitrogen and oxygen atoms in total. The Morgan fingerprint density at radius 1 is 1.29 bits per heavy atom. The van der Waals surface area contributed by atoms with Gasteiger partial charge in [-0.05, 0) is 26.8 Å². The summed E-state index contributed by atoms with van der Waals surface area (Å²) in [4.78, 5) is 23.5. The molecule has 1 N–H and O–H groups in total. The molecular weight excluding hydrogens is 267 g/mol. The molecule has 1 aromatic carbocycles. The summed E-state index contributed by atoms with van der Waals surface area (Å²) in [6, 6.07) is 5.13. The second kappa shape index (κ2) is 5.28. The third-order valence-corrected chi connectivity index (χ3v) is 2.73. The van der Waals surface area contributed by atoms with E-state index < -0.39 is 11.7 Å². The quantitative estimate of drug-likeness (QED) is 0.816. The third-order valence-electron chi connectivity index (χ3n) is 2.73. The van der Waals surface area contributed by atoms with Gasteiger partial charge in [0.1, 0.15) is 13.4 Å². The molecule has 1 heterocycles. The van der Waals surface area contributed by atoms with Gasteiger partial charge in [-0.1, -0.05) is 17.6 Å². The zero-order valence-electron chi connectivity index (χ0n) is 12.6. The van der Waals surface area contributed by atoms with Gasteiger partial charge in [0.05, 0.1) is 11.2 Å². The lowest BCUT2D eigenvalue weighted by Crippen LogP contribution is -2.26. The average molecular weight is 284 g/mol. The van der Waals surface area contributed by atoms with Crippen LogP contribution in [0.2, 0.25) is 0 Å². The summed E-state index contributed by atoms with van der Waals surface area (Å²) in [6.45, 7) is 6.79. The van der Waals surface area contributed by atoms with Crippen LogP contribution in [0.1, 0.15) is 27.7 Å². The van der Waals surface area contributed by atoms with Crippen LogP contribution in [0.5, 0.6) is 0 Å². The maximum atomic E-state index is 12.3. The van der Waals surface area contributed by atoms with Crippen LogP contribution in [0.4, 0.5) is 10.5 Å². The fourth-order valence-electron chi connectivity index (χ4n) is 2.00. The lowest BCUT2D eigenvalue weighted by Gasteiger charge is -2.19. The van der Waals surface area contributed by atoms with Crippen LogP contribution >= 0.6 is 0 Å². The van der Waals surface area contributed by atoms with Crippen LogP contribution in [0, 0.1) is 0 Å². The van der Waals surface area contributed by atoms with E-state index in [0.29, 0.717) is 22.1 Å². The Kier molecular flexibility index (Phi) is 3.81. The van der Waals surface area contributed by atoms with Crippen molar-refractivity contribution in [3.63, 3.8) is 0 Å². The lowest BCUT2D eigenvalue weighted by molar-refractivity contribution is -0.114. The normalized spacial score (nSPS) is 11.4. The SMILES string of the molecule is [B]c1ccc2c(c1)c(NC(C)=O)cn2C(=O)OC(C)(C)C. The van der Waals surface area contributed by atoms with Gasteiger partial charge in [0.2, 0.25) is 5.91 Å². The highest BCUT2D eigenvalue weighted by Crippen LogP contribution is 2.26. The second-order valence-corrected chi connectivity index (χ2v) is 5.85. The van der Waals surface area contributed by atoms with Gasteiger partial charge in [-0.3, -0.25) is 9.36 Å². The number of amides is 1. The first-order valence-electron chi connectivity index (χ1n) is 6.59. The number of benzene rings is 1. The maximum absolute atomic E-state index is 12.3. The van der Waals surface area contributed by atoms with Gasteiger partial charge >= 0.3 is 6.09 Å². The van der Waals surface area contributed by atoms with Crippen molar-refractivity contribution in [3.05, 3.63) is 24.4 Å². The van der Waals surface area contributed by atoms with Crippen molar-refractivity contribution < 1.29 is 14.3 Å². The van der Waals surface area contributed by atoms with Gasteiger partial charge in [-0.2, -0.15) is 0 Å². The highest BCUT2D eigenvalue weighted by atomic mass is 16.6. The fourth-order valence-corrected chi connectivity index (χ4v) is 2.00. The smallest absolute Gasteiger partial charge is 0.419 e. The highest BCUT2D eigenvalue weighted by molar-refractivity contribution is 6.33. The predicted octanol–water partition coefficient (Wildman–Crippen LogP) is 2.18. The van der Waals surface area contributed by atoms with E-state index in [2.05, 4.69) is 5.32 Å². The molecule has 0 saturated carbocycles. The average Bonchev–Trinajstić information content (AvgIpc) is 2.65. The molecule has 0 aliphatic rings. The van der Waals surface area contributed by atoms with Gasteiger partial charge in [0.25, 0.3) is 0 Å². The number of fused-ring (bicyclic) bond motifs is 1. The zero-order valence-corrected chi connectivity index (χ0v) is 12.6. The second-order valence-electron chi connectivity index (χ2n) is 5.85. The number of ether oxygens (including phenoxy) is 1. The number of hydrogen-bond donors (Lipinski definition) is 1. The Morgan fingerprint density at radius 3 is 2.52 bits per heavy atom. The minimum atomic E-state index is -0.602. The van der Waals surface area contributed by atoms with Crippen LogP contribution < -0.4 is 10.8 Å². The zero-order chi connectivity index (χ0) is 15.8. The number of anilines is 1. The van der Waals surface area contributed by atoms with Crippen molar-refractivity contribution in [1.29, 1.82) is 0 Å². The van der Waals surface area contributed by atoms with Gasteiger partial charge < -0.3 is 10.1 Å². The molecule has 0 bridgehead atoms. The molecule has 6 heteroatoms. The molecule has 0 aliphatic heterocycles. The number of aromatic nitrogens is 1. The highest BCUT2D eigenvalue weighted by Gasteiger charge is 2.21. The predicted molar refractivity (Wildman–Crippen MR) is 83.3 cm³/mol. The van der Waals surface area contributed by atoms with Gasteiger partial charge in [-0.25, -0.2) is 4.79 Å². The van der Waals surface area contributed by atoms with Crippen LogP contribution in [0.15, 0.2) is 24.4 Å². The molecule has 108 valence electrons. The molecule has 1 aromatic heterocycles. The number of rotatable bonds is 1. The van der Waals surface area contributed by atoms with Crippen molar-refractivity contribution in [2.45, 2.75) is 33.3 Å². The number of carbonyl (C=O) groups is 2. The molecule has 2 aromatic rings. The van der Waals surface area contributed by atoms with Crippen LogP contribution in [-0.2, 0) is 9.53 Å². The molecular formula is C15H17BN2O3. The minimum Gasteiger partial charge on any atom is -0.443 e. The van der Waals surface area contributed by atoms with E-state index in [9.17, 15) is 9.59 Å². The van der Waals surface area contributed by atoms with Crippen molar-refractivity contribution in [3.8, 4) is 0 Å². The molecule has 2 rings (SSSR count). The molecule has 0 atom stereocenters. The standard InChI is InChI=1S/C15H17BN2O3/c1-9(19)17-12-8-18(14(20)21-15(2,3)4)13-6-5-10(16)7-11(12)13/h5-8H,1-4H3,(H,17,19). The Morgan fingerprint density at radius 2 is 1.95 bits per heavy atom. The fraction of sp³-hybridized carbons (Fsp3) is 0.333. The van der Waals surface area contributed by atoms with E-state index in [1.807, 2.05) is 0 Å². The van der Waals surface area contributed by atoms with E-state index in [-0.39, 0.29) is 5.91 Å². The van der Waals surface area contributed by atoms with E-state index in [0.717, 1.165) is 0 Å². The molecule has 0 aliphatic carbocycles. The number of nitrogens with zero attached hydrogens (tertiary/aromatic N) is 1. The molecule has 0 saturated heterocycles. The van der Waals surface area contributed by atoms with E-state index in [1.54, 1.807) is 45.2 Å². The summed E-state index contributed by atoms with van der Waals surface area (Å²) < 4.78 is 6.73. The van der Waals surface area contributed by atoms with E-state index in [4.69, 9.17) is 12.6 Å². The minimum absolute atomic E-state index is 0.222. The van der Waals surface area contributed by atoms with Crippen LogP contribution in [-0.4, -0.2) is 30.0 Å². The molecule has 1 amide bonds. The van der Waals surface area contributed by atoms with E-state index in [1.165, 1.54) is 11.5 Å². The summed E-state index contributed by atoms with van der Waals surface area (Å²) in [7, 11) is 5.77. The number of nitrogens with one attached hydrogen (secondary N) is 1. The Balaban J connectivity index is 2.54. The summed E-state index contributed by atoms with van der Waals surface area (Å²) in [5, 5.41) is 3.38. The van der Waals surface area contributed by atoms with Gasteiger partial charge in [-0.15, -0.1) is 0 Å². The summed E-state index contributed by atoms with van der Waals surface area (Å²) in [5.41, 5.74) is 1.10. The monoisotopic (exact) mass is 284 g/mol. The number of hydrogen-bond acceptors (Lipinski definition) is 3. The van der Waals surface area contributed by atoms with Crippen LogP contribution in [0.25, 0.3) is 10.9 Å². The van der Waals surface area contributed by atoms with Crippen molar-refractivity contribution >= 4 is 41.9 Å². The topological polar surface area (TPSA) is 60.3 Å². The first-order valence-corrected chi connectivity index (χ1v) is 6.59. The summed E-state index contributed by atoms with van der Waals surface area (Å²) in [6.07, 6.45) is 1.04. The van der Waals surface area contributed by atoms with Crippen molar-refractivity contribution in [1.82, 2.24) is 4.57 Å². The summed E-state index contributed by atoms with van der Waals surface area (Å²) >= 11 is 0. The molecule has 0 fully saturated rings. The Bertz CT molecular complexity index is 714. The largest absolute Gasteiger partial charge is 0.443 e. The Hall–Kier alpha value is -2.24. The first-order chi connectivity index (χ1) is 9.67. The molecule has 21 heavy (non-hydrogen) atoms. The molecule has 0 unspecified atom stereocenters. The van der Waals surface area contributed by atoms with Crippen LogP contribution in [0.3, 0.4) is 0 Å². The summed E-state index contributed by atoms with van der Waals surface area (Å²) in [5.74, 6) is -0.222.